The minimum atomic E-state index is -3.49. The molecule has 0 fully saturated rings. The third kappa shape index (κ3) is 5.30. The van der Waals surface area contributed by atoms with Gasteiger partial charge in [0.15, 0.2) is 6.10 Å². The number of carbonyl (C=O) groups is 1. The summed E-state index contributed by atoms with van der Waals surface area (Å²) in [6.07, 6.45) is -0.694. The van der Waals surface area contributed by atoms with Crippen molar-refractivity contribution in [3.63, 3.8) is 0 Å². The first-order valence-corrected chi connectivity index (χ1v) is 10.2. The van der Waals surface area contributed by atoms with E-state index in [0.717, 1.165) is 4.31 Å². The van der Waals surface area contributed by atoms with E-state index in [1.165, 1.54) is 31.8 Å². The van der Waals surface area contributed by atoms with Crippen LogP contribution in [0.2, 0.25) is 0 Å². The van der Waals surface area contributed by atoms with Crippen molar-refractivity contribution >= 4 is 21.6 Å². The Bertz CT molecular complexity index is 873. The number of carbonyl (C=O) groups excluding carboxylic acids is 1. The molecule has 2 aromatic rings. The smallest absolute Gasteiger partial charge is 0.265 e. The van der Waals surface area contributed by atoms with Crippen molar-refractivity contribution in [3.05, 3.63) is 54.1 Å². The van der Waals surface area contributed by atoms with Crippen LogP contribution >= 0.6 is 0 Å². The Morgan fingerprint density at radius 2 is 1.52 bits per heavy atom. The molecule has 6 nitrogen and oxygen atoms in total. The maximum Gasteiger partial charge on any atom is 0.265 e. The largest absolute Gasteiger partial charge is 0.481 e. The molecule has 0 aliphatic heterocycles. The highest BCUT2D eigenvalue weighted by Gasteiger charge is 2.18. The zero-order chi connectivity index (χ0) is 20.2. The fraction of sp³-hybridized carbons (Fsp3) is 0.350. The van der Waals surface area contributed by atoms with Crippen molar-refractivity contribution in [1.29, 1.82) is 0 Å². The number of anilines is 1. The van der Waals surface area contributed by atoms with Crippen LogP contribution in [0.25, 0.3) is 0 Å². The van der Waals surface area contributed by atoms with E-state index >= 15 is 0 Å². The minimum absolute atomic E-state index is 0.167. The molecule has 1 N–H and O–H groups in total. The van der Waals surface area contributed by atoms with Crippen LogP contribution in [0, 0.1) is 0 Å². The van der Waals surface area contributed by atoms with Gasteiger partial charge in [-0.25, -0.2) is 12.7 Å². The Labute approximate surface area is 161 Å². The lowest BCUT2D eigenvalue weighted by Crippen LogP contribution is -2.30. The number of rotatable bonds is 7. The Kier molecular flexibility index (Phi) is 6.62. The van der Waals surface area contributed by atoms with Crippen LogP contribution in [0.3, 0.4) is 0 Å². The number of benzene rings is 2. The van der Waals surface area contributed by atoms with Crippen LogP contribution in [0.4, 0.5) is 5.69 Å². The SMILES string of the molecule is CC(C)c1ccc(O[C@@H](C)C(=O)Nc2ccc(S(=O)(=O)N(C)C)cc2)cc1. The van der Waals surface area contributed by atoms with Gasteiger partial charge < -0.3 is 10.1 Å². The molecule has 27 heavy (non-hydrogen) atoms. The molecule has 2 aromatic carbocycles. The molecular formula is C20H26N2O4S. The van der Waals surface area contributed by atoms with Gasteiger partial charge in [0, 0.05) is 19.8 Å². The van der Waals surface area contributed by atoms with Gasteiger partial charge in [0.05, 0.1) is 4.90 Å². The summed E-state index contributed by atoms with van der Waals surface area (Å²) >= 11 is 0. The molecule has 0 saturated carbocycles. The summed E-state index contributed by atoms with van der Waals surface area (Å²) in [5.74, 6) is 0.736. The van der Waals surface area contributed by atoms with Gasteiger partial charge in [-0.2, -0.15) is 0 Å². The van der Waals surface area contributed by atoms with Crippen LogP contribution in [-0.4, -0.2) is 38.8 Å². The number of amides is 1. The first-order chi connectivity index (χ1) is 12.6. The maximum absolute atomic E-state index is 12.3. The molecule has 2 rings (SSSR count). The lowest BCUT2D eigenvalue weighted by atomic mass is 10.0. The Balaban J connectivity index is 1.99. The van der Waals surface area contributed by atoms with Gasteiger partial charge in [0.25, 0.3) is 5.91 Å². The average Bonchev–Trinajstić information content (AvgIpc) is 2.62. The van der Waals surface area contributed by atoms with Crippen molar-refractivity contribution in [2.45, 2.75) is 37.7 Å². The summed E-state index contributed by atoms with van der Waals surface area (Å²) in [6.45, 7) is 5.89. The molecule has 0 saturated heterocycles. The summed E-state index contributed by atoms with van der Waals surface area (Å²) in [6, 6.07) is 13.7. The second-order valence-electron chi connectivity index (χ2n) is 6.78. The van der Waals surface area contributed by atoms with E-state index in [2.05, 4.69) is 19.2 Å². The van der Waals surface area contributed by atoms with Gasteiger partial charge in [-0.15, -0.1) is 0 Å². The predicted octanol–water partition coefficient (Wildman–Crippen LogP) is 3.47. The van der Waals surface area contributed by atoms with E-state index in [1.54, 1.807) is 19.1 Å². The molecule has 0 heterocycles. The second-order valence-corrected chi connectivity index (χ2v) is 8.94. The molecule has 0 radical (unpaired) electrons. The average molecular weight is 391 g/mol. The van der Waals surface area contributed by atoms with Crippen LogP contribution in [0.1, 0.15) is 32.3 Å². The number of hydrogen-bond acceptors (Lipinski definition) is 4. The van der Waals surface area contributed by atoms with Crippen molar-refractivity contribution in [3.8, 4) is 5.75 Å². The molecule has 0 bridgehead atoms. The number of hydrogen-bond donors (Lipinski definition) is 1. The summed E-state index contributed by atoms with van der Waals surface area (Å²) in [5.41, 5.74) is 1.70. The van der Waals surface area contributed by atoms with Crippen LogP contribution in [0.5, 0.6) is 5.75 Å². The van der Waals surface area contributed by atoms with Gasteiger partial charge in [-0.3, -0.25) is 4.79 Å². The van der Waals surface area contributed by atoms with Gasteiger partial charge in [0.2, 0.25) is 10.0 Å². The lowest BCUT2D eigenvalue weighted by Gasteiger charge is -2.16. The third-order valence-corrected chi connectivity index (χ3v) is 5.96. The van der Waals surface area contributed by atoms with E-state index < -0.39 is 16.1 Å². The van der Waals surface area contributed by atoms with Crippen LogP contribution in [-0.2, 0) is 14.8 Å². The molecular weight excluding hydrogens is 364 g/mol. The monoisotopic (exact) mass is 390 g/mol. The molecule has 0 aliphatic carbocycles. The quantitative estimate of drug-likeness (QED) is 0.785. The molecule has 1 atom stereocenters. The zero-order valence-corrected chi connectivity index (χ0v) is 17.1. The fourth-order valence-corrected chi connectivity index (χ4v) is 3.26. The second kappa shape index (κ2) is 8.54. The molecule has 0 aliphatic rings. The van der Waals surface area contributed by atoms with E-state index in [1.807, 2.05) is 24.3 Å². The Morgan fingerprint density at radius 1 is 0.963 bits per heavy atom. The number of nitrogens with one attached hydrogen (secondary N) is 1. The highest BCUT2D eigenvalue weighted by molar-refractivity contribution is 7.89. The van der Waals surface area contributed by atoms with Gasteiger partial charge >= 0.3 is 0 Å². The van der Waals surface area contributed by atoms with Crippen molar-refractivity contribution < 1.29 is 17.9 Å². The topological polar surface area (TPSA) is 75.7 Å². The third-order valence-electron chi connectivity index (χ3n) is 4.13. The van der Waals surface area contributed by atoms with Gasteiger partial charge in [-0.1, -0.05) is 26.0 Å². The molecule has 0 spiro atoms. The number of ether oxygens (including phenoxy) is 1. The van der Waals surface area contributed by atoms with Crippen molar-refractivity contribution in [2.75, 3.05) is 19.4 Å². The number of sulfonamides is 1. The van der Waals surface area contributed by atoms with Crippen molar-refractivity contribution in [1.82, 2.24) is 4.31 Å². The van der Waals surface area contributed by atoms with E-state index in [9.17, 15) is 13.2 Å². The highest BCUT2D eigenvalue weighted by Crippen LogP contribution is 2.20. The summed E-state index contributed by atoms with van der Waals surface area (Å²) in [7, 11) is -0.553. The normalized spacial score (nSPS) is 12.9. The minimum Gasteiger partial charge on any atom is -0.481 e. The van der Waals surface area contributed by atoms with E-state index in [-0.39, 0.29) is 10.8 Å². The zero-order valence-electron chi connectivity index (χ0n) is 16.3. The van der Waals surface area contributed by atoms with Gasteiger partial charge in [0.1, 0.15) is 5.75 Å². The van der Waals surface area contributed by atoms with Crippen molar-refractivity contribution in [2.24, 2.45) is 0 Å². The molecule has 146 valence electrons. The maximum atomic E-state index is 12.3. The summed E-state index contributed by atoms with van der Waals surface area (Å²) in [5, 5.41) is 2.73. The van der Waals surface area contributed by atoms with Gasteiger partial charge in [-0.05, 0) is 54.8 Å². The van der Waals surface area contributed by atoms with Crippen LogP contribution < -0.4 is 10.1 Å². The van der Waals surface area contributed by atoms with E-state index in [0.29, 0.717) is 17.4 Å². The Morgan fingerprint density at radius 3 is 2.00 bits per heavy atom. The Hall–Kier alpha value is -2.38. The molecule has 0 aromatic heterocycles. The van der Waals surface area contributed by atoms with Crippen LogP contribution in [0.15, 0.2) is 53.4 Å². The first-order valence-electron chi connectivity index (χ1n) is 8.71. The summed E-state index contributed by atoms with van der Waals surface area (Å²) < 4.78 is 30.9. The standard InChI is InChI=1S/C20H26N2O4S/c1-14(2)16-6-10-18(11-7-16)26-15(3)20(23)21-17-8-12-19(13-9-17)27(24,25)22(4)5/h6-15H,1-5H3,(H,21,23)/t15-/m0/s1. The molecule has 0 unspecified atom stereocenters. The molecule has 1 amide bonds. The van der Waals surface area contributed by atoms with E-state index in [4.69, 9.17) is 4.74 Å². The molecule has 7 heteroatoms. The summed E-state index contributed by atoms with van der Waals surface area (Å²) in [4.78, 5) is 12.5. The fourth-order valence-electron chi connectivity index (χ4n) is 2.35. The highest BCUT2D eigenvalue weighted by atomic mass is 32.2. The number of nitrogens with zero attached hydrogens (tertiary/aromatic N) is 1. The predicted molar refractivity (Wildman–Crippen MR) is 107 cm³/mol. The lowest BCUT2D eigenvalue weighted by molar-refractivity contribution is -0.122. The first kappa shape index (κ1) is 20.9.